The maximum Gasteiger partial charge on any atom is 0.254 e. The third kappa shape index (κ3) is 3.68. The summed E-state index contributed by atoms with van der Waals surface area (Å²) in [6.07, 6.45) is 2.00. The molecule has 0 N–H and O–H groups in total. The van der Waals surface area contributed by atoms with Gasteiger partial charge in [-0.2, -0.15) is 5.10 Å². The number of carbonyl (C=O) groups excluding carboxylic acids is 1. The number of benzene rings is 3. The van der Waals surface area contributed by atoms with Crippen molar-refractivity contribution in [2.45, 2.75) is 38.9 Å². The van der Waals surface area contributed by atoms with Gasteiger partial charge in [-0.15, -0.1) is 0 Å². The SMILES string of the molecule is Cc1nn(-c2cccc(F)c2)c2ccc(CN3CCC(N4Cc5ccccc5C4=O)CC3)cc12. The van der Waals surface area contributed by atoms with Crippen molar-refractivity contribution in [2.75, 3.05) is 13.1 Å². The molecule has 172 valence electrons. The molecule has 0 radical (unpaired) electrons. The maximum absolute atomic E-state index is 13.7. The van der Waals surface area contributed by atoms with Crippen molar-refractivity contribution < 1.29 is 9.18 Å². The summed E-state index contributed by atoms with van der Waals surface area (Å²) in [5.74, 6) is -0.0800. The average molecular weight is 455 g/mol. The number of halogens is 1. The molecule has 0 atom stereocenters. The molecule has 1 fully saturated rings. The predicted octanol–water partition coefficient (Wildman–Crippen LogP) is 5.09. The van der Waals surface area contributed by atoms with Crippen molar-refractivity contribution in [1.29, 1.82) is 0 Å². The first kappa shape index (κ1) is 21.1. The summed E-state index contributed by atoms with van der Waals surface area (Å²) in [6.45, 7) is 5.57. The van der Waals surface area contributed by atoms with Crippen LogP contribution in [0.1, 0.15) is 40.0 Å². The summed E-state index contributed by atoms with van der Waals surface area (Å²) in [7, 11) is 0. The lowest BCUT2D eigenvalue weighted by Gasteiger charge is -2.36. The van der Waals surface area contributed by atoms with Crippen molar-refractivity contribution in [1.82, 2.24) is 19.6 Å². The second kappa shape index (κ2) is 8.37. The molecule has 0 aliphatic carbocycles. The summed E-state index contributed by atoms with van der Waals surface area (Å²) in [6, 6.07) is 21.3. The molecule has 1 saturated heterocycles. The molecule has 0 unspecified atom stereocenters. The van der Waals surface area contributed by atoms with Gasteiger partial charge in [0.1, 0.15) is 5.82 Å². The van der Waals surface area contributed by atoms with Crippen molar-refractivity contribution in [3.63, 3.8) is 0 Å². The van der Waals surface area contributed by atoms with E-state index in [2.05, 4.69) is 39.2 Å². The van der Waals surface area contributed by atoms with E-state index in [-0.39, 0.29) is 11.7 Å². The Balaban J connectivity index is 1.14. The number of aromatic nitrogens is 2. The minimum Gasteiger partial charge on any atom is -0.331 e. The highest BCUT2D eigenvalue weighted by Gasteiger charge is 2.34. The molecule has 2 aliphatic heterocycles. The summed E-state index contributed by atoms with van der Waals surface area (Å²) in [4.78, 5) is 17.4. The standard InChI is InChI=1S/C28H27FN4O/c1-19-26-15-20(9-10-27(26)33(30-19)24-7-4-6-22(29)16-24)17-31-13-11-23(12-14-31)32-18-21-5-2-3-8-25(21)28(32)34/h2-10,15-16,23H,11-14,17-18H2,1H3. The Labute approximate surface area is 198 Å². The van der Waals surface area contributed by atoms with Gasteiger partial charge in [-0.3, -0.25) is 9.69 Å². The van der Waals surface area contributed by atoms with Gasteiger partial charge in [0.05, 0.1) is 16.9 Å². The predicted molar refractivity (Wildman–Crippen MR) is 130 cm³/mol. The Hall–Kier alpha value is -3.51. The smallest absolute Gasteiger partial charge is 0.254 e. The van der Waals surface area contributed by atoms with Crippen molar-refractivity contribution in [2.24, 2.45) is 0 Å². The molecule has 5 nitrogen and oxygen atoms in total. The fraction of sp³-hybridized carbons (Fsp3) is 0.286. The molecule has 6 heteroatoms. The number of aryl methyl sites for hydroxylation is 1. The summed E-state index contributed by atoms with van der Waals surface area (Å²) >= 11 is 0. The van der Waals surface area contributed by atoms with Crippen LogP contribution in [0.3, 0.4) is 0 Å². The molecular weight excluding hydrogens is 427 g/mol. The number of hydrogen-bond donors (Lipinski definition) is 0. The Morgan fingerprint density at radius 3 is 2.62 bits per heavy atom. The highest BCUT2D eigenvalue weighted by Crippen LogP contribution is 2.29. The first-order valence-electron chi connectivity index (χ1n) is 11.9. The molecule has 0 saturated carbocycles. The van der Waals surface area contributed by atoms with E-state index in [1.54, 1.807) is 6.07 Å². The number of carbonyl (C=O) groups is 1. The third-order valence-electron chi connectivity index (χ3n) is 7.24. The molecule has 3 aromatic carbocycles. The van der Waals surface area contributed by atoms with Crippen LogP contribution in [0.2, 0.25) is 0 Å². The van der Waals surface area contributed by atoms with Gasteiger partial charge >= 0.3 is 0 Å². The third-order valence-corrected chi connectivity index (χ3v) is 7.24. The number of nitrogens with zero attached hydrogens (tertiary/aromatic N) is 4. The van der Waals surface area contributed by atoms with Crippen LogP contribution in [0.5, 0.6) is 0 Å². The number of likely N-dealkylation sites (tertiary alicyclic amines) is 1. The van der Waals surface area contributed by atoms with E-state index in [0.29, 0.717) is 6.04 Å². The van der Waals surface area contributed by atoms with Crippen molar-refractivity contribution >= 4 is 16.8 Å². The highest BCUT2D eigenvalue weighted by atomic mass is 19.1. The molecule has 0 bridgehead atoms. The summed E-state index contributed by atoms with van der Waals surface area (Å²) in [5.41, 5.74) is 5.92. The zero-order valence-electron chi connectivity index (χ0n) is 19.2. The number of hydrogen-bond acceptors (Lipinski definition) is 3. The van der Waals surface area contributed by atoms with Crippen LogP contribution < -0.4 is 0 Å². The summed E-state index contributed by atoms with van der Waals surface area (Å²) in [5, 5.41) is 5.76. The number of amides is 1. The van der Waals surface area contributed by atoms with Gasteiger partial charge in [0.25, 0.3) is 5.91 Å². The van der Waals surface area contributed by atoms with Gasteiger partial charge < -0.3 is 4.90 Å². The molecule has 34 heavy (non-hydrogen) atoms. The lowest BCUT2D eigenvalue weighted by atomic mass is 10.0. The van der Waals surface area contributed by atoms with E-state index in [0.717, 1.165) is 72.4 Å². The van der Waals surface area contributed by atoms with Crippen LogP contribution in [0.25, 0.3) is 16.6 Å². The van der Waals surface area contributed by atoms with Gasteiger partial charge in [-0.1, -0.05) is 30.3 Å². The van der Waals surface area contributed by atoms with E-state index in [1.807, 2.05) is 35.9 Å². The highest BCUT2D eigenvalue weighted by molar-refractivity contribution is 5.98. The normalized spacial score (nSPS) is 17.0. The maximum atomic E-state index is 13.7. The molecule has 1 amide bonds. The minimum atomic E-state index is -0.265. The van der Waals surface area contributed by atoms with E-state index >= 15 is 0 Å². The largest absolute Gasteiger partial charge is 0.331 e. The lowest BCUT2D eigenvalue weighted by molar-refractivity contribution is 0.0590. The van der Waals surface area contributed by atoms with Gasteiger partial charge in [0, 0.05) is 43.2 Å². The van der Waals surface area contributed by atoms with Crippen LogP contribution in [-0.2, 0) is 13.1 Å². The van der Waals surface area contributed by atoms with Crippen LogP contribution in [0.15, 0.2) is 66.7 Å². The van der Waals surface area contributed by atoms with Crippen LogP contribution in [0.4, 0.5) is 4.39 Å². The van der Waals surface area contributed by atoms with E-state index in [4.69, 9.17) is 0 Å². The second-order valence-electron chi connectivity index (χ2n) is 9.43. The summed E-state index contributed by atoms with van der Waals surface area (Å²) < 4.78 is 15.5. The van der Waals surface area contributed by atoms with Crippen molar-refractivity contribution in [3.8, 4) is 5.69 Å². The molecule has 0 spiro atoms. The Bertz CT molecular complexity index is 1390. The zero-order chi connectivity index (χ0) is 23.2. The lowest BCUT2D eigenvalue weighted by Crippen LogP contribution is -2.44. The van der Waals surface area contributed by atoms with E-state index < -0.39 is 0 Å². The molecule has 3 heterocycles. The quantitative estimate of drug-likeness (QED) is 0.431. The minimum absolute atomic E-state index is 0.185. The van der Waals surface area contributed by atoms with Crippen molar-refractivity contribution in [3.05, 3.63) is 94.9 Å². The Morgan fingerprint density at radius 2 is 1.82 bits per heavy atom. The van der Waals surface area contributed by atoms with E-state index in [9.17, 15) is 9.18 Å². The topological polar surface area (TPSA) is 41.4 Å². The van der Waals surface area contributed by atoms with E-state index in [1.165, 1.54) is 17.7 Å². The number of fused-ring (bicyclic) bond motifs is 2. The average Bonchev–Trinajstić information content (AvgIpc) is 3.37. The zero-order valence-corrected chi connectivity index (χ0v) is 19.2. The van der Waals surface area contributed by atoms with Gasteiger partial charge in [0.15, 0.2) is 0 Å². The van der Waals surface area contributed by atoms with Gasteiger partial charge in [0.2, 0.25) is 0 Å². The van der Waals surface area contributed by atoms with Crippen LogP contribution in [0, 0.1) is 12.7 Å². The molecule has 2 aliphatic rings. The Kier molecular flexibility index (Phi) is 5.18. The first-order chi connectivity index (χ1) is 16.6. The first-order valence-corrected chi connectivity index (χ1v) is 11.9. The fourth-order valence-corrected chi connectivity index (χ4v) is 5.44. The number of piperidine rings is 1. The molecule has 6 rings (SSSR count). The van der Waals surface area contributed by atoms with Gasteiger partial charge in [-0.25, -0.2) is 9.07 Å². The molecule has 4 aromatic rings. The Morgan fingerprint density at radius 1 is 1.00 bits per heavy atom. The van der Waals surface area contributed by atoms with Crippen LogP contribution in [-0.4, -0.2) is 44.6 Å². The molecular formula is C28H27FN4O. The second-order valence-corrected chi connectivity index (χ2v) is 9.43. The monoisotopic (exact) mass is 454 g/mol. The molecule has 1 aromatic heterocycles. The van der Waals surface area contributed by atoms with Crippen LogP contribution >= 0.6 is 0 Å². The fourth-order valence-electron chi connectivity index (χ4n) is 5.44. The van der Waals surface area contributed by atoms with Gasteiger partial charge in [-0.05, 0) is 67.3 Å². The number of rotatable bonds is 4.